The molecule has 0 aliphatic rings. The Balaban J connectivity index is 0. The number of nitrogen functional groups attached to an aromatic ring is 1. The van der Waals surface area contributed by atoms with E-state index in [-0.39, 0.29) is 22.8 Å². The normalized spacial score (nSPS) is 9.62. The first kappa shape index (κ1) is 14.7. The number of hydrogen-bond acceptors (Lipinski definition) is 3. The molecular formula is C6H11ClN2O3S. The zero-order chi connectivity index (χ0) is 8.48. The molecule has 0 saturated heterocycles. The lowest BCUT2D eigenvalue weighted by molar-refractivity contribution is 0.598. The summed E-state index contributed by atoms with van der Waals surface area (Å²) in [4.78, 5) is 0.0756. The van der Waals surface area contributed by atoms with Gasteiger partial charge in [0.15, 0.2) is 0 Å². The van der Waals surface area contributed by atoms with Crippen LogP contribution in [-0.2, 0) is 10.0 Å². The molecule has 1 aromatic carbocycles. The van der Waals surface area contributed by atoms with Gasteiger partial charge in [0.05, 0.1) is 4.90 Å². The van der Waals surface area contributed by atoms with Crippen LogP contribution in [0.3, 0.4) is 0 Å². The van der Waals surface area contributed by atoms with Crippen molar-refractivity contribution in [2.24, 2.45) is 5.14 Å². The molecule has 7 heteroatoms. The largest absolute Gasteiger partial charge is 0.412 e. The van der Waals surface area contributed by atoms with Crippen molar-refractivity contribution in [1.82, 2.24) is 0 Å². The summed E-state index contributed by atoms with van der Waals surface area (Å²) in [5.74, 6) is 0. The van der Waals surface area contributed by atoms with Crippen LogP contribution in [0.1, 0.15) is 0 Å². The molecule has 0 spiro atoms. The maximum atomic E-state index is 10.7. The molecule has 0 aliphatic heterocycles. The highest BCUT2D eigenvalue weighted by Gasteiger charge is 2.04. The zero-order valence-electron chi connectivity index (χ0n) is 6.60. The van der Waals surface area contributed by atoms with Gasteiger partial charge in [0, 0.05) is 5.69 Å². The molecule has 1 rings (SSSR count). The molecule has 0 fully saturated rings. The van der Waals surface area contributed by atoms with Gasteiger partial charge in [-0.3, -0.25) is 0 Å². The summed E-state index contributed by atoms with van der Waals surface area (Å²) in [5.41, 5.74) is 5.85. The second-order valence-electron chi connectivity index (χ2n) is 2.11. The van der Waals surface area contributed by atoms with Crippen LogP contribution >= 0.6 is 12.4 Å². The van der Waals surface area contributed by atoms with Gasteiger partial charge in [0.1, 0.15) is 0 Å². The monoisotopic (exact) mass is 226 g/mol. The molecule has 1 aromatic rings. The molecule has 0 bridgehead atoms. The third-order valence-electron chi connectivity index (χ3n) is 1.21. The van der Waals surface area contributed by atoms with E-state index in [9.17, 15) is 8.42 Å². The number of rotatable bonds is 1. The van der Waals surface area contributed by atoms with Crippen LogP contribution < -0.4 is 10.9 Å². The van der Waals surface area contributed by atoms with Gasteiger partial charge in [-0.25, -0.2) is 13.6 Å². The molecule has 6 N–H and O–H groups in total. The second-order valence-corrected chi connectivity index (χ2v) is 3.68. The average molecular weight is 227 g/mol. The lowest BCUT2D eigenvalue weighted by atomic mass is 10.3. The number of nitrogens with two attached hydrogens (primary N) is 2. The quantitative estimate of drug-likeness (QED) is 0.629. The molecule has 13 heavy (non-hydrogen) atoms. The van der Waals surface area contributed by atoms with Crippen molar-refractivity contribution in [3.63, 3.8) is 0 Å². The van der Waals surface area contributed by atoms with Gasteiger partial charge in [-0.2, -0.15) is 0 Å². The number of hydrogen-bond donors (Lipinski definition) is 2. The maximum Gasteiger partial charge on any atom is 0.238 e. The number of anilines is 1. The standard InChI is InChI=1S/C6H8N2O2S.ClH.H2O/c7-5-1-3-6(4-2-5)11(8,9)10;;/h1-4H,7H2,(H2,8,9,10);1H;1H2. The van der Waals surface area contributed by atoms with Crippen molar-refractivity contribution in [2.45, 2.75) is 4.90 Å². The lowest BCUT2D eigenvalue weighted by Crippen LogP contribution is -2.11. The van der Waals surface area contributed by atoms with Crippen molar-refractivity contribution in [3.8, 4) is 0 Å². The minimum Gasteiger partial charge on any atom is -0.412 e. The van der Waals surface area contributed by atoms with Crippen molar-refractivity contribution in [3.05, 3.63) is 24.3 Å². The second kappa shape index (κ2) is 5.03. The third-order valence-corrected chi connectivity index (χ3v) is 2.14. The molecule has 0 saturated carbocycles. The van der Waals surface area contributed by atoms with Crippen LogP contribution in [0.25, 0.3) is 0 Å². The van der Waals surface area contributed by atoms with Gasteiger partial charge in [-0.15, -0.1) is 12.4 Å². The first-order chi connectivity index (χ1) is 5.00. The molecule has 0 atom stereocenters. The molecule has 0 aliphatic carbocycles. The zero-order valence-corrected chi connectivity index (χ0v) is 8.23. The summed E-state index contributed by atoms with van der Waals surface area (Å²) in [6.45, 7) is 0. The minimum absolute atomic E-state index is 0. The highest BCUT2D eigenvalue weighted by atomic mass is 35.5. The van der Waals surface area contributed by atoms with E-state index in [1.165, 1.54) is 24.3 Å². The molecule has 76 valence electrons. The Bertz CT molecular complexity index is 349. The highest BCUT2D eigenvalue weighted by Crippen LogP contribution is 2.08. The Morgan fingerprint density at radius 1 is 1.08 bits per heavy atom. The summed E-state index contributed by atoms with van der Waals surface area (Å²) in [6, 6.07) is 5.70. The summed E-state index contributed by atoms with van der Waals surface area (Å²) < 4.78 is 21.4. The molecule has 0 radical (unpaired) electrons. The molecular weight excluding hydrogens is 216 g/mol. The van der Waals surface area contributed by atoms with Crippen molar-refractivity contribution in [1.29, 1.82) is 0 Å². The molecule has 5 nitrogen and oxygen atoms in total. The van der Waals surface area contributed by atoms with Gasteiger partial charge in [0.2, 0.25) is 10.0 Å². The van der Waals surface area contributed by atoms with Crippen LogP contribution in [0.5, 0.6) is 0 Å². The average Bonchev–Trinajstić information content (AvgIpc) is 1.86. The van der Waals surface area contributed by atoms with E-state index in [1.807, 2.05) is 0 Å². The number of primary sulfonamides is 1. The van der Waals surface area contributed by atoms with Crippen molar-refractivity contribution >= 4 is 28.1 Å². The molecule has 0 heterocycles. The fourth-order valence-electron chi connectivity index (χ4n) is 0.658. The number of benzene rings is 1. The number of halogens is 1. The van der Waals surface area contributed by atoms with E-state index in [0.29, 0.717) is 5.69 Å². The Kier molecular flexibility index (Phi) is 5.68. The topological polar surface area (TPSA) is 118 Å². The Hall–Kier alpha value is -0.820. The van der Waals surface area contributed by atoms with E-state index in [4.69, 9.17) is 10.9 Å². The van der Waals surface area contributed by atoms with Gasteiger partial charge in [0.25, 0.3) is 0 Å². The van der Waals surface area contributed by atoms with Crippen molar-refractivity contribution in [2.75, 3.05) is 5.73 Å². The van der Waals surface area contributed by atoms with E-state index in [0.717, 1.165) is 0 Å². The highest BCUT2D eigenvalue weighted by molar-refractivity contribution is 7.89. The Morgan fingerprint density at radius 3 is 1.77 bits per heavy atom. The smallest absolute Gasteiger partial charge is 0.238 e. The van der Waals surface area contributed by atoms with Crippen LogP contribution in [0, 0.1) is 0 Å². The molecule has 0 aromatic heterocycles. The van der Waals surface area contributed by atoms with Crippen LogP contribution in [-0.4, -0.2) is 13.9 Å². The van der Waals surface area contributed by atoms with Crippen LogP contribution in [0.15, 0.2) is 29.2 Å². The van der Waals surface area contributed by atoms with Crippen LogP contribution in [0.4, 0.5) is 5.69 Å². The number of sulfonamides is 1. The third kappa shape index (κ3) is 4.09. The Morgan fingerprint density at radius 2 is 1.46 bits per heavy atom. The molecule has 0 unspecified atom stereocenters. The first-order valence-corrected chi connectivity index (χ1v) is 4.43. The van der Waals surface area contributed by atoms with E-state index < -0.39 is 10.0 Å². The predicted octanol–water partition coefficient (Wildman–Crippen LogP) is -0.487. The van der Waals surface area contributed by atoms with E-state index >= 15 is 0 Å². The predicted molar refractivity (Wildman–Crippen MR) is 53.1 cm³/mol. The summed E-state index contributed by atoms with van der Waals surface area (Å²) in [5, 5.41) is 4.84. The van der Waals surface area contributed by atoms with Gasteiger partial charge >= 0.3 is 0 Å². The summed E-state index contributed by atoms with van der Waals surface area (Å²) in [7, 11) is -3.58. The SMILES string of the molecule is Cl.Nc1ccc(S(N)(=O)=O)cc1.O. The fraction of sp³-hybridized carbons (Fsp3) is 0. The summed E-state index contributed by atoms with van der Waals surface area (Å²) in [6.07, 6.45) is 0. The van der Waals surface area contributed by atoms with Crippen LogP contribution in [0.2, 0.25) is 0 Å². The minimum atomic E-state index is -3.58. The fourth-order valence-corrected chi connectivity index (χ4v) is 1.17. The van der Waals surface area contributed by atoms with E-state index in [2.05, 4.69) is 0 Å². The molecule has 0 amide bonds. The van der Waals surface area contributed by atoms with Gasteiger partial charge in [-0.1, -0.05) is 0 Å². The maximum absolute atomic E-state index is 10.7. The summed E-state index contributed by atoms with van der Waals surface area (Å²) >= 11 is 0. The van der Waals surface area contributed by atoms with E-state index in [1.54, 1.807) is 0 Å². The van der Waals surface area contributed by atoms with Crippen molar-refractivity contribution < 1.29 is 13.9 Å². The first-order valence-electron chi connectivity index (χ1n) is 2.88. The Labute approximate surface area is 82.5 Å². The van der Waals surface area contributed by atoms with Gasteiger partial charge < -0.3 is 11.2 Å². The lowest BCUT2D eigenvalue weighted by Gasteiger charge is -1.96. The van der Waals surface area contributed by atoms with Gasteiger partial charge in [-0.05, 0) is 24.3 Å².